The number of hydrogen-bond acceptors (Lipinski definition) is 4. The first-order chi connectivity index (χ1) is 10.0. The van der Waals surface area contributed by atoms with Crippen LogP contribution in [0.5, 0.6) is 0 Å². The summed E-state index contributed by atoms with van der Waals surface area (Å²) in [5, 5.41) is 18.4. The van der Waals surface area contributed by atoms with Gasteiger partial charge >= 0.3 is 0 Å². The van der Waals surface area contributed by atoms with Crippen molar-refractivity contribution in [1.82, 2.24) is 9.78 Å². The van der Waals surface area contributed by atoms with Gasteiger partial charge in [0, 0.05) is 7.05 Å². The fourth-order valence-corrected chi connectivity index (χ4v) is 1.98. The molecule has 0 atom stereocenters. The predicted octanol–water partition coefficient (Wildman–Crippen LogP) is 1.00. The fourth-order valence-electron chi connectivity index (χ4n) is 1.98. The first kappa shape index (κ1) is 14.6. The van der Waals surface area contributed by atoms with Gasteiger partial charge in [0.25, 0.3) is 0 Å². The van der Waals surface area contributed by atoms with Crippen molar-refractivity contribution in [3.63, 3.8) is 0 Å². The van der Waals surface area contributed by atoms with E-state index in [-0.39, 0.29) is 18.2 Å². The summed E-state index contributed by atoms with van der Waals surface area (Å²) in [5.41, 5.74) is 7.93. The third-order valence-corrected chi connectivity index (χ3v) is 3.19. The lowest BCUT2D eigenvalue weighted by Gasteiger charge is -2.09. The maximum atomic E-state index is 12.2. The zero-order valence-electron chi connectivity index (χ0n) is 11.9. The van der Waals surface area contributed by atoms with Crippen LogP contribution < -0.4 is 11.1 Å². The largest absolute Gasteiger partial charge is 0.409 e. The number of amidine groups is 1. The minimum atomic E-state index is -0.195. The van der Waals surface area contributed by atoms with Crippen molar-refractivity contribution in [1.29, 1.82) is 0 Å². The Bertz CT molecular complexity index is 690. The van der Waals surface area contributed by atoms with Crippen molar-refractivity contribution < 1.29 is 10.0 Å². The summed E-state index contributed by atoms with van der Waals surface area (Å²) in [7, 11) is 1.66. The Balaban J connectivity index is 2.17. The number of nitrogens with zero attached hydrogens (tertiary/aromatic N) is 3. The number of rotatable bonds is 4. The summed E-state index contributed by atoms with van der Waals surface area (Å²) < 4.78 is 1.46. The number of carbonyl (C=O) groups is 1. The summed E-state index contributed by atoms with van der Waals surface area (Å²) >= 11 is 0. The molecule has 0 fully saturated rings. The van der Waals surface area contributed by atoms with Crippen LogP contribution in [-0.4, -0.2) is 26.7 Å². The van der Waals surface area contributed by atoms with Crippen molar-refractivity contribution in [3.05, 3.63) is 47.2 Å². The Morgan fingerprint density at radius 2 is 2.19 bits per heavy atom. The van der Waals surface area contributed by atoms with Gasteiger partial charge in [-0.3, -0.25) is 9.48 Å². The van der Waals surface area contributed by atoms with E-state index in [9.17, 15) is 4.79 Å². The summed E-state index contributed by atoms with van der Waals surface area (Å²) in [6.45, 7) is 1.95. The molecule has 4 N–H and O–H groups in total. The zero-order valence-corrected chi connectivity index (χ0v) is 11.9. The van der Waals surface area contributed by atoms with Gasteiger partial charge in [0.15, 0.2) is 5.84 Å². The first-order valence-corrected chi connectivity index (χ1v) is 6.37. The number of aromatic nitrogens is 2. The van der Waals surface area contributed by atoms with Gasteiger partial charge in [-0.2, -0.15) is 5.10 Å². The number of hydrogen-bond donors (Lipinski definition) is 3. The summed E-state index contributed by atoms with van der Waals surface area (Å²) in [6, 6.07) is 7.67. The smallest absolute Gasteiger partial charge is 0.229 e. The Kier molecular flexibility index (Phi) is 4.22. The van der Waals surface area contributed by atoms with Gasteiger partial charge in [-0.15, -0.1) is 0 Å². The molecule has 0 spiro atoms. The van der Waals surface area contributed by atoms with Gasteiger partial charge in [-0.05, 0) is 18.1 Å². The second kappa shape index (κ2) is 6.08. The van der Waals surface area contributed by atoms with Crippen LogP contribution in [-0.2, 0) is 18.3 Å². The van der Waals surface area contributed by atoms with E-state index in [1.165, 1.54) is 10.9 Å². The number of nitrogens with two attached hydrogens (primary N) is 1. The molecule has 7 heteroatoms. The highest BCUT2D eigenvalue weighted by Gasteiger charge is 2.15. The van der Waals surface area contributed by atoms with Gasteiger partial charge in [-0.25, -0.2) is 0 Å². The summed E-state index contributed by atoms with van der Waals surface area (Å²) in [6.07, 6.45) is 1.67. The number of benzene rings is 1. The topological polar surface area (TPSA) is 106 Å². The molecule has 0 saturated carbocycles. The molecule has 0 bridgehead atoms. The van der Waals surface area contributed by atoms with Crippen LogP contribution in [0.25, 0.3) is 0 Å². The van der Waals surface area contributed by atoms with Crippen LogP contribution in [0.15, 0.2) is 35.6 Å². The van der Waals surface area contributed by atoms with Crippen molar-refractivity contribution in [2.45, 2.75) is 13.3 Å². The molecule has 0 unspecified atom stereocenters. The fraction of sp³-hybridized carbons (Fsp3) is 0.214. The average Bonchev–Trinajstić information content (AvgIpc) is 2.82. The van der Waals surface area contributed by atoms with E-state index in [2.05, 4.69) is 15.6 Å². The monoisotopic (exact) mass is 287 g/mol. The number of oxime groups is 1. The highest BCUT2D eigenvalue weighted by molar-refractivity contribution is 6.04. The van der Waals surface area contributed by atoms with E-state index in [0.29, 0.717) is 11.4 Å². The van der Waals surface area contributed by atoms with Crippen molar-refractivity contribution in [3.8, 4) is 0 Å². The van der Waals surface area contributed by atoms with Gasteiger partial charge in [0.05, 0.1) is 18.2 Å². The number of carbonyl (C=O) groups excluding carboxylic acids is 1. The molecule has 2 aromatic rings. The molecular formula is C14H17N5O2. The quantitative estimate of drug-likeness (QED) is 0.337. The molecule has 0 saturated heterocycles. The third-order valence-electron chi connectivity index (χ3n) is 3.19. The Morgan fingerprint density at radius 3 is 2.86 bits per heavy atom. The van der Waals surface area contributed by atoms with Crippen LogP contribution in [0.1, 0.15) is 16.7 Å². The van der Waals surface area contributed by atoms with E-state index in [1.807, 2.05) is 31.2 Å². The van der Waals surface area contributed by atoms with Gasteiger partial charge < -0.3 is 16.3 Å². The van der Waals surface area contributed by atoms with Gasteiger partial charge in [0.2, 0.25) is 5.91 Å². The Hall–Kier alpha value is -2.83. The lowest BCUT2D eigenvalue weighted by molar-refractivity contribution is -0.115. The third kappa shape index (κ3) is 3.19. The van der Waals surface area contributed by atoms with Crippen LogP contribution in [0, 0.1) is 6.92 Å². The molecule has 0 aliphatic heterocycles. The molecule has 1 amide bonds. The van der Waals surface area contributed by atoms with Crippen LogP contribution in [0.2, 0.25) is 0 Å². The molecule has 0 aliphatic rings. The lowest BCUT2D eigenvalue weighted by Crippen LogP contribution is -2.21. The van der Waals surface area contributed by atoms with Crippen molar-refractivity contribution in [2.24, 2.45) is 17.9 Å². The molecule has 0 radical (unpaired) electrons. The second-order valence-electron chi connectivity index (χ2n) is 4.67. The first-order valence-electron chi connectivity index (χ1n) is 6.37. The highest BCUT2D eigenvalue weighted by atomic mass is 16.4. The number of anilines is 1. The summed E-state index contributed by atoms with van der Waals surface area (Å²) in [5.74, 6) is 0.0954. The zero-order chi connectivity index (χ0) is 15.4. The SMILES string of the molecule is Cc1ccccc1CC(=O)Nc1c(C(N)=NO)cnn1C. The Labute approximate surface area is 122 Å². The molecule has 1 heterocycles. The van der Waals surface area contributed by atoms with E-state index in [4.69, 9.17) is 10.9 Å². The molecule has 0 aliphatic carbocycles. The van der Waals surface area contributed by atoms with E-state index < -0.39 is 0 Å². The van der Waals surface area contributed by atoms with Crippen LogP contribution in [0.4, 0.5) is 5.82 Å². The Morgan fingerprint density at radius 1 is 1.48 bits per heavy atom. The maximum absolute atomic E-state index is 12.2. The molecule has 2 rings (SSSR count). The molecule has 1 aromatic carbocycles. The minimum absolute atomic E-state index is 0.103. The number of aryl methyl sites for hydroxylation is 2. The summed E-state index contributed by atoms with van der Waals surface area (Å²) in [4.78, 5) is 12.2. The molecule has 21 heavy (non-hydrogen) atoms. The number of nitrogens with one attached hydrogen (secondary N) is 1. The standard InChI is InChI=1S/C14H17N5O2/c1-9-5-3-4-6-10(9)7-12(20)17-14-11(13(15)18-21)8-16-19(14)2/h3-6,8,21H,7H2,1-2H3,(H2,15,18)(H,17,20). The molecule has 7 nitrogen and oxygen atoms in total. The predicted molar refractivity (Wildman–Crippen MR) is 79.2 cm³/mol. The second-order valence-corrected chi connectivity index (χ2v) is 4.67. The normalized spacial score (nSPS) is 11.4. The van der Waals surface area contributed by atoms with E-state index >= 15 is 0 Å². The van der Waals surface area contributed by atoms with Gasteiger partial charge in [0.1, 0.15) is 5.82 Å². The molecular weight excluding hydrogens is 270 g/mol. The van der Waals surface area contributed by atoms with E-state index in [0.717, 1.165) is 11.1 Å². The number of amides is 1. The van der Waals surface area contributed by atoms with Crippen molar-refractivity contribution >= 4 is 17.6 Å². The molecule has 110 valence electrons. The van der Waals surface area contributed by atoms with Crippen molar-refractivity contribution in [2.75, 3.05) is 5.32 Å². The maximum Gasteiger partial charge on any atom is 0.229 e. The van der Waals surface area contributed by atoms with Crippen LogP contribution in [0.3, 0.4) is 0 Å². The minimum Gasteiger partial charge on any atom is -0.409 e. The highest BCUT2D eigenvalue weighted by Crippen LogP contribution is 2.15. The lowest BCUT2D eigenvalue weighted by atomic mass is 10.1. The van der Waals surface area contributed by atoms with Gasteiger partial charge in [-0.1, -0.05) is 29.4 Å². The van der Waals surface area contributed by atoms with Crippen LogP contribution >= 0.6 is 0 Å². The average molecular weight is 287 g/mol. The molecule has 1 aromatic heterocycles. The van der Waals surface area contributed by atoms with E-state index in [1.54, 1.807) is 7.05 Å².